The summed E-state index contributed by atoms with van der Waals surface area (Å²) in [4.78, 5) is 24.3. The van der Waals surface area contributed by atoms with Gasteiger partial charge in [-0.25, -0.2) is 4.79 Å². The largest absolute Gasteiger partial charge is 0.462 e. The first-order valence-corrected chi connectivity index (χ1v) is 5.65. The third-order valence-corrected chi connectivity index (χ3v) is 2.71. The van der Waals surface area contributed by atoms with E-state index in [-0.39, 0.29) is 12.3 Å². The summed E-state index contributed by atoms with van der Waals surface area (Å²) in [5.74, 6) is 0.390. The third kappa shape index (κ3) is 2.07. The average molecular weight is 246 g/mol. The van der Waals surface area contributed by atoms with Gasteiger partial charge in [-0.1, -0.05) is 18.7 Å². The molecule has 1 aromatic rings. The van der Waals surface area contributed by atoms with Crippen LogP contribution in [0.1, 0.15) is 24.7 Å². The number of allylic oxidation sites excluding steroid dienone is 1. The van der Waals surface area contributed by atoms with Gasteiger partial charge >= 0.3 is 6.03 Å². The maximum Gasteiger partial charge on any atom is 0.328 e. The Morgan fingerprint density at radius 2 is 2.28 bits per heavy atom. The summed E-state index contributed by atoms with van der Waals surface area (Å²) >= 11 is 0. The molecule has 0 aliphatic carbocycles. The van der Waals surface area contributed by atoms with Crippen LogP contribution in [0.3, 0.4) is 0 Å². The van der Waals surface area contributed by atoms with Crippen molar-refractivity contribution in [2.24, 2.45) is 0 Å². The highest BCUT2D eigenvalue weighted by Crippen LogP contribution is 2.29. The quantitative estimate of drug-likeness (QED) is 0.890. The fourth-order valence-corrected chi connectivity index (χ4v) is 1.86. The Bertz CT molecular complexity index is 528. The van der Waals surface area contributed by atoms with E-state index < -0.39 is 6.03 Å². The Kier molecular flexibility index (Phi) is 3.32. The predicted octanol–water partition coefficient (Wildman–Crippen LogP) is 2.40. The van der Waals surface area contributed by atoms with Crippen LogP contribution < -0.4 is 10.2 Å². The Morgan fingerprint density at radius 3 is 2.89 bits per heavy atom. The second-order valence-electron chi connectivity index (χ2n) is 3.86. The lowest BCUT2D eigenvalue weighted by molar-refractivity contribution is -0.120. The fourth-order valence-electron chi connectivity index (χ4n) is 1.86. The van der Waals surface area contributed by atoms with E-state index in [1.165, 1.54) is 11.2 Å². The molecule has 0 atom stereocenters. The van der Waals surface area contributed by atoms with E-state index in [0.29, 0.717) is 18.0 Å². The number of carbonyl (C=O) groups is 2. The number of amides is 3. The van der Waals surface area contributed by atoms with Crippen molar-refractivity contribution in [1.29, 1.82) is 0 Å². The summed E-state index contributed by atoms with van der Waals surface area (Å²) < 4.78 is 5.39. The number of carbonyl (C=O) groups excluding carboxylic acids is 2. The minimum Gasteiger partial charge on any atom is -0.462 e. The molecule has 0 aromatic carbocycles. The van der Waals surface area contributed by atoms with Crippen LogP contribution in [0.2, 0.25) is 0 Å². The minimum atomic E-state index is -0.429. The van der Waals surface area contributed by atoms with Gasteiger partial charge in [-0.2, -0.15) is 0 Å². The highest BCUT2D eigenvalue weighted by atomic mass is 16.3. The molecule has 0 unspecified atom stereocenters. The molecule has 1 fully saturated rings. The summed E-state index contributed by atoms with van der Waals surface area (Å²) in [6, 6.07) is -0.429. The molecule has 0 saturated carbocycles. The molecule has 18 heavy (non-hydrogen) atoms. The first-order valence-electron chi connectivity index (χ1n) is 5.65. The first-order chi connectivity index (χ1) is 8.67. The minimum absolute atomic E-state index is 0.256. The van der Waals surface area contributed by atoms with Crippen LogP contribution in [0.25, 0.3) is 12.2 Å². The van der Waals surface area contributed by atoms with E-state index in [9.17, 15) is 9.59 Å². The average Bonchev–Trinajstić information content (AvgIpc) is 2.72. The number of furan rings is 1. The highest BCUT2D eigenvalue weighted by Gasteiger charge is 2.27. The van der Waals surface area contributed by atoms with Crippen molar-refractivity contribution in [3.63, 3.8) is 0 Å². The number of hydrogen-bond acceptors (Lipinski definition) is 3. The van der Waals surface area contributed by atoms with Crippen LogP contribution in [0, 0.1) is 0 Å². The number of hydrogen-bond donors (Lipinski definition) is 1. The summed E-state index contributed by atoms with van der Waals surface area (Å²) in [5, 5.41) is 2.27. The summed E-state index contributed by atoms with van der Waals surface area (Å²) in [6.07, 6.45) is 7.06. The van der Waals surface area contributed by atoms with Crippen molar-refractivity contribution >= 4 is 29.8 Å². The van der Waals surface area contributed by atoms with E-state index >= 15 is 0 Å². The topological polar surface area (TPSA) is 62.6 Å². The van der Waals surface area contributed by atoms with Crippen molar-refractivity contribution in [2.75, 3.05) is 11.4 Å². The third-order valence-electron chi connectivity index (χ3n) is 2.71. The number of anilines is 1. The Hall–Kier alpha value is -2.30. The van der Waals surface area contributed by atoms with Gasteiger partial charge in [-0.3, -0.25) is 15.0 Å². The van der Waals surface area contributed by atoms with Crippen LogP contribution in [-0.4, -0.2) is 18.5 Å². The van der Waals surface area contributed by atoms with E-state index in [1.54, 1.807) is 12.2 Å². The van der Waals surface area contributed by atoms with Crippen molar-refractivity contribution < 1.29 is 14.0 Å². The van der Waals surface area contributed by atoms with Crippen LogP contribution in [-0.2, 0) is 4.79 Å². The molecule has 1 aliphatic heterocycles. The van der Waals surface area contributed by atoms with Gasteiger partial charge in [-0.15, -0.1) is 0 Å². The first kappa shape index (κ1) is 12.2. The molecule has 5 nitrogen and oxygen atoms in total. The monoisotopic (exact) mass is 246 g/mol. The number of imide groups is 1. The second-order valence-corrected chi connectivity index (χ2v) is 3.86. The van der Waals surface area contributed by atoms with Crippen LogP contribution in [0.5, 0.6) is 0 Å². The van der Waals surface area contributed by atoms with E-state index in [0.717, 1.165) is 5.56 Å². The van der Waals surface area contributed by atoms with E-state index in [4.69, 9.17) is 4.42 Å². The SMILES string of the molecule is C=Cc1c(N2CCC(=O)NC2=O)coc1/C=C\C. The van der Waals surface area contributed by atoms with Crippen LogP contribution in [0.4, 0.5) is 10.5 Å². The molecule has 5 heteroatoms. The normalized spacial score (nSPS) is 16.2. The molecule has 0 bridgehead atoms. The lowest BCUT2D eigenvalue weighted by atomic mass is 10.1. The summed E-state index contributed by atoms with van der Waals surface area (Å²) in [5.41, 5.74) is 1.38. The number of rotatable bonds is 3. The fraction of sp³-hybridized carbons (Fsp3) is 0.231. The van der Waals surface area contributed by atoms with Gasteiger partial charge in [0.2, 0.25) is 5.91 Å². The summed E-state index contributed by atoms with van der Waals surface area (Å²) in [6.45, 7) is 5.95. The zero-order chi connectivity index (χ0) is 13.1. The van der Waals surface area contributed by atoms with Crippen molar-refractivity contribution in [1.82, 2.24) is 5.32 Å². The number of nitrogens with zero attached hydrogens (tertiary/aromatic N) is 1. The molecule has 3 amide bonds. The Labute approximate surface area is 105 Å². The Morgan fingerprint density at radius 1 is 1.50 bits per heavy atom. The molecule has 1 saturated heterocycles. The van der Waals surface area contributed by atoms with Gasteiger partial charge in [0.1, 0.15) is 12.0 Å². The van der Waals surface area contributed by atoms with Crippen LogP contribution in [0.15, 0.2) is 23.3 Å². The highest BCUT2D eigenvalue weighted by molar-refractivity contribution is 6.06. The molecule has 94 valence electrons. The van der Waals surface area contributed by atoms with E-state index in [1.807, 2.05) is 13.0 Å². The van der Waals surface area contributed by atoms with E-state index in [2.05, 4.69) is 11.9 Å². The molecule has 0 spiro atoms. The Balaban J connectivity index is 2.36. The van der Waals surface area contributed by atoms with Gasteiger partial charge in [-0.05, 0) is 13.0 Å². The molecule has 2 heterocycles. The second kappa shape index (κ2) is 4.91. The molecule has 0 radical (unpaired) electrons. The molecule has 1 aromatic heterocycles. The lowest BCUT2D eigenvalue weighted by Gasteiger charge is -2.25. The molecule has 2 rings (SSSR count). The smallest absolute Gasteiger partial charge is 0.328 e. The van der Waals surface area contributed by atoms with Gasteiger partial charge < -0.3 is 4.42 Å². The number of urea groups is 1. The zero-order valence-corrected chi connectivity index (χ0v) is 10.1. The van der Waals surface area contributed by atoms with Crippen molar-refractivity contribution in [3.05, 3.63) is 30.2 Å². The molecular formula is C13H14N2O3. The molecule has 1 aliphatic rings. The summed E-state index contributed by atoms with van der Waals surface area (Å²) in [7, 11) is 0. The standard InChI is InChI=1S/C13H14N2O3/c1-3-5-11-9(4-2)10(8-18-11)15-7-6-12(16)14-13(15)17/h3-5,8H,2,6-7H2,1H3,(H,14,16,17)/b5-3-. The number of nitrogens with one attached hydrogen (secondary N) is 1. The molecular weight excluding hydrogens is 232 g/mol. The predicted molar refractivity (Wildman–Crippen MR) is 69.0 cm³/mol. The van der Waals surface area contributed by atoms with Gasteiger partial charge in [0, 0.05) is 18.5 Å². The van der Waals surface area contributed by atoms with Crippen molar-refractivity contribution in [3.8, 4) is 0 Å². The van der Waals surface area contributed by atoms with Gasteiger partial charge in [0.05, 0.1) is 5.69 Å². The zero-order valence-electron chi connectivity index (χ0n) is 10.1. The van der Waals surface area contributed by atoms with Crippen LogP contribution >= 0.6 is 0 Å². The molecule has 1 N–H and O–H groups in total. The maximum absolute atomic E-state index is 11.7. The van der Waals surface area contributed by atoms with Gasteiger partial charge in [0.25, 0.3) is 0 Å². The maximum atomic E-state index is 11.7. The van der Waals surface area contributed by atoms with Crippen molar-refractivity contribution in [2.45, 2.75) is 13.3 Å². The van der Waals surface area contributed by atoms with Gasteiger partial charge in [0.15, 0.2) is 0 Å². The lowest BCUT2D eigenvalue weighted by Crippen LogP contribution is -2.49.